The van der Waals surface area contributed by atoms with E-state index in [-0.39, 0.29) is 11.3 Å². The van der Waals surface area contributed by atoms with Crippen LogP contribution in [0.1, 0.15) is 35.2 Å². The fourth-order valence-electron chi connectivity index (χ4n) is 2.78. The minimum Gasteiger partial charge on any atom is -0.381 e. The molecule has 0 aromatic heterocycles. The van der Waals surface area contributed by atoms with Gasteiger partial charge >= 0.3 is 0 Å². The number of amides is 1. The molecule has 1 saturated carbocycles. The van der Waals surface area contributed by atoms with Crippen LogP contribution < -0.4 is 11.1 Å². The second kappa shape index (κ2) is 5.44. The normalized spacial score (nSPS) is 22.7. The van der Waals surface area contributed by atoms with E-state index in [0.717, 1.165) is 24.1 Å². The van der Waals surface area contributed by atoms with E-state index in [2.05, 4.69) is 5.32 Å². The Morgan fingerprint density at radius 2 is 2.05 bits per heavy atom. The van der Waals surface area contributed by atoms with E-state index in [1.54, 1.807) is 18.2 Å². The molecule has 0 spiro atoms. The van der Waals surface area contributed by atoms with Crippen molar-refractivity contribution in [2.75, 3.05) is 11.6 Å². The van der Waals surface area contributed by atoms with Crippen LogP contribution in [0.3, 0.4) is 0 Å². The van der Waals surface area contributed by atoms with E-state index in [4.69, 9.17) is 5.73 Å². The van der Waals surface area contributed by atoms with Gasteiger partial charge in [-0.25, -0.2) is 8.42 Å². The van der Waals surface area contributed by atoms with Gasteiger partial charge in [-0.2, -0.15) is 0 Å². The Balaban J connectivity index is 2.20. The highest BCUT2D eigenvalue weighted by Gasteiger charge is 2.34. The van der Waals surface area contributed by atoms with Crippen LogP contribution in [0, 0.1) is 6.92 Å². The summed E-state index contributed by atoms with van der Waals surface area (Å²) in [5, 5.41) is 2.97. The molecule has 1 aromatic carbocycles. The first-order chi connectivity index (χ1) is 9.29. The van der Waals surface area contributed by atoms with Crippen molar-refractivity contribution in [3.8, 4) is 0 Å². The molecule has 20 heavy (non-hydrogen) atoms. The maximum absolute atomic E-state index is 11.8. The first-order valence-corrected chi connectivity index (χ1v) is 8.60. The van der Waals surface area contributed by atoms with Crippen molar-refractivity contribution in [1.82, 2.24) is 0 Å². The van der Waals surface area contributed by atoms with E-state index in [1.165, 1.54) is 6.26 Å². The summed E-state index contributed by atoms with van der Waals surface area (Å²) in [5.74, 6) is -0.463. The van der Waals surface area contributed by atoms with Crippen LogP contribution >= 0.6 is 0 Å². The molecule has 0 aliphatic heterocycles. The zero-order valence-corrected chi connectivity index (χ0v) is 12.5. The van der Waals surface area contributed by atoms with Gasteiger partial charge in [0.2, 0.25) is 5.91 Å². The minimum atomic E-state index is -3.04. The summed E-state index contributed by atoms with van der Waals surface area (Å²) in [4.78, 5) is 11.1. The molecule has 1 aromatic rings. The van der Waals surface area contributed by atoms with Crippen LogP contribution in [-0.2, 0) is 9.84 Å². The van der Waals surface area contributed by atoms with E-state index >= 15 is 0 Å². The number of carbonyl (C=O) groups is 1. The van der Waals surface area contributed by atoms with E-state index in [1.807, 2.05) is 6.92 Å². The molecule has 0 heterocycles. The fraction of sp³-hybridized carbons (Fsp3) is 0.500. The molecule has 1 amide bonds. The summed E-state index contributed by atoms with van der Waals surface area (Å²) in [5.41, 5.74) is 7.44. The molecule has 2 unspecified atom stereocenters. The summed E-state index contributed by atoms with van der Waals surface area (Å²) >= 11 is 0. The molecule has 5 nitrogen and oxygen atoms in total. The van der Waals surface area contributed by atoms with Crippen LogP contribution in [0.25, 0.3) is 0 Å². The molecule has 2 atom stereocenters. The Morgan fingerprint density at radius 1 is 1.35 bits per heavy atom. The summed E-state index contributed by atoms with van der Waals surface area (Å²) in [6.45, 7) is 1.87. The molecular weight excluding hydrogens is 276 g/mol. The first kappa shape index (κ1) is 14.8. The Hall–Kier alpha value is -1.56. The SMILES string of the molecule is Cc1cc(C(N)=O)ccc1NC1CCCC1S(C)(=O)=O. The lowest BCUT2D eigenvalue weighted by Gasteiger charge is -2.22. The van der Waals surface area contributed by atoms with Gasteiger partial charge in [0.15, 0.2) is 9.84 Å². The number of benzene rings is 1. The molecule has 3 N–H and O–H groups in total. The van der Waals surface area contributed by atoms with Crippen LogP contribution in [-0.4, -0.2) is 31.9 Å². The predicted octanol–water partition coefficient (Wildman–Crippen LogP) is 1.47. The van der Waals surface area contributed by atoms with Gasteiger partial charge in [0.05, 0.1) is 5.25 Å². The lowest BCUT2D eigenvalue weighted by molar-refractivity contribution is 0.1000. The molecule has 0 saturated heterocycles. The second-order valence-corrected chi connectivity index (χ2v) is 7.71. The number of primary amides is 1. The molecule has 0 radical (unpaired) electrons. The Labute approximate surface area is 119 Å². The number of rotatable bonds is 4. The van der Waals surface area contributed by atoms with Crippen molar-refractivity contribution < 1.29 is 13.2 Å². The standard InChI is InChI=1S/C14H20N2O3S/c1-9-8-10(14(15)17)6-7-11(9)16-12-4-3-5-13(12)20(2,18)19/h6-8,12-13,16H,3-5H2,1-2H3,(H2,15,17). The first-order valence-electron chi connectivity index (χ1n) is 6.65. The minimum absolute atomic E-state index is 0.0665. The third-order valence-electron chi connectivity index (χ3n) is 3.85. The fourth-order valence-corrected chi connectivity index (χ4v) is 4.18. The average Bonchev–Trinajstić information content (AvgIpc) is 2.79. The maximum Gasteiger partial charge on any atom is 0.248 e. The van der Waals surface area contributed by atoms with Crippen molar-refractivity contribution in [3.05, 3.63) is 29.3 Å². The summed E-state index contributed by atoms with van der Waals surface area (Å²) in [6, 6.07) is 5.09. The van der Waals surface area contributed by atoms with Gasteiger partial charge in [-0.15, -0.1) is 0 Å². The second-order valence-electron chi connectivity index (χ2n) is 5.44. The lowest BCUT2D eigenvalue weighted by Crippen LogP contribution is -2.34. The lowest BCUT2D eigenvalue weighted by atomic mass is 10.1. The monoisotopic (exact) mass is 296 g/mol. The molecule has 1 aliphatic rings. The number of anilines is 1. The Kier molecular flexibility index (Phi) is 4.04. The van der Waals surface area contributed by atoms with Gasteiger partial charge in [-0.3, -0.25) is 4.79 Å². The van der Waals surface area contributed by atoms with E-state index in [0.29, 0.717) is 12.0 Å². The highest BCUT2D eigenvalue weighted by atomic mass is 32.2. The van der Waals surface area contributed by atoms with E-state index < -0.39 is 15.7 Å². The molecule has 110 valence electrons. The number of hydrogen-bond donors (Lipinski definition) is 2. The van der Waals surface area contributed by atoms with Gasteiger partial charge in [-0.05, 0) is 49.9 Å². The zero-order valence-electron chi connectivity index (χ0n) is 11.7. The van der Waals surface area contributed by atoms with Gasteiger partial charge in [0.1, 0.15) is 0 Å². The number of nitrogens with one attached hydrogen (secondary N) is 1. The molecular formula is C14H20N2O3S. The number of hydrogen-bond acceptors (Lipinski definition) is 4. The van der Waals surface area contributed by atoms with Gasteiger partial charge in [-0.1, -0.05) is 0 Å². The van der Waals surface area contributed by atoms with Crippen LogP contribution in [0.2, 0.25) is 0 Å². The predicted molar refractivity (Wildman–Crippen MR) is 79.6 cm³/mol. The zero-order chi connectivity index (χ0) is 14.9. The van der Waals surface area contributed by atoms with Crippen LogP contribution in [0.5, 0.6) is 0 Å². The summed E-state index contributed by atoms with van der Waals surface area (Å²) < 4.78 is 23.5. The summed E-state index contributed by atoms with van der Waals surface area (Å²) in [6.07, 6.45) is 3.75. The highest BCUT2D eigenvalue weighted by molar-refractivity contribution is 7.91. The Morgan fingerprint density at radius 3 is 2.60 bits per heavy atom. The maximum atomic E-state index is 11.8. The highest BCUT2D eigenvalue weighted by Crippen LogP contribution is 2.29. The van der Waals surface area contributed by atoms with Crippen molar-refractivity contribution in [3.63, 3.8) is 0 Å². The quantitative estimate of drug-likeness (QED) is 0.880. The number of aryl methyl sites for hydroxylation is 1. The largest absolute Gasteiger partial charge is 0.381 e. The third-order valence-corrected chi connectivity index (χ3v) is 5.52. The number of nitrogens with two attached hydrogens (primary N) is 1. The van der Waals surface area contributed by atoms with Gasteiger partial charge < -0.3 is 11.1 Å². The van der Waals surface area contributed by atoms with Crippen molar-refractivity contribution in [2.24, 2.45) is 5.73 Å². The van der Waals surface area contributed by atoms with Crippen LogP contribution in [0.15, 0.2) is 18.2 Å². The summed E-state index contributed by atoms with van der Waals surface area (Å²) in [7, 11) is -3.04. The Bertz CT molecular complexity index is 625. The molecule has 2 rings (SSSR count). The molecule has 1 fully saturated rings. The number of carbonyl (C=O) groups excluding carboxylic acids is 1. The average molecular weight is 296 g/mol. The smallest absolute Gasteiger partial charge is 0.248 e. The topological polar surface area (TPSA) is 89.3 Å². The third kappa shape index (κ3) is 3.12. The molecule has 1 aliphatic carbocycles. The number of sulfone groups is 1. The van der Waals surface area contributed by atoms with Crippen molar-refractivity contribution >= 4 is 21.4 Å². The van der Waals surface area contributed by atoms with Gasteiger partial charge in [0.25, 0.3) is 0 Å². The van der Waals surface area contributed by atoms with E-state index in [9.17, 15) is 13.2 Å². The molecule has 6 heteroatoms. The van der Waals surface area contributed by atoms with Crippen LogP contribution in [0.4, 0.5) is 5.69 Å². The van der Waals surface area contributed by atoms with Crippen molar-refractivity contribution in [2.45, 2.75) is 37.5 Å². The van der Waals surface area contributed by atoms with Crippen molar-refractivity contribution in [1.29, 1.82) is 0 Å². The van der Waals surface area contributed by atoms with Gasteiger partial charge in [0, 0.05) is 23.5 Å². The molecule has 0 bridgehead atoms.